The number of carbonyl (C=O) groups excluding carboxylic acids is 2. The summed E-state index contributed by atoms with van der Waals surface area (Å²) in [6.45, 7) is 0. The molecule has 2 aliphatic heterocycles. The average Bonchev–Trinajstić information content (AvgIpc) is 2.40. The van der Waals surface area contributed by atoms with E-state index in [4.69, 9.17) is 0 Å². The van der Waals surface area contributed by atoms with Crippen molar-refractivity contribution in [1.29, 1.82) is 0 Å². The lowest BCUT2D eigenvalue weighted by atomic mass is 10.1. The Bertz CT molecular complexity index is 243. The van der Waals surface area contributed by atoms with Crippen molar-refractivity contribution >= 4 is 23.6 Å². The van der Waals surface area contributed by atoms with Crippen molar-refractivity contribution in [3.63, 3.8) is 0 Å². The number of carbonyl (C=O) groups is 2. The third-order valence-electron chi connectivity index (χ3n) is 2.20. The zero-order valence-corrected chi connectivity index (χ0v) is 7.47. The summed E-state index contributed by atoms with van der Waals surface area (Å²) in [5, 5.41) is 0.238. The van der Waals surface area contributed by atoms with Crippen LogP contribution >= 0.6 is 11.8 Å². The Kier molecular flexibility index (Phi) is 1.75. The Morgan fingerprint density at radius 3 is 3.08 bits per heavy atom. The van der Waals surface area contributed by atoms with Crippen LogP contribution in [0.3, 0.4) is 0 Å². The van der Waals surface area contributed by atoms with Gasteiger partial charge in [-0.1, -0.05) is 0 Å². The molecular weight excluding hydrogens is 178 g/mol. The van der Waals surface area contributed by atoms with Crippen molar-refractivity contribution < 1.29 is 14.3 Å². The molecule has 2 aliphatic rings. The van der Waals surface area contributed by atoms with E-state index < -0.39 is 0 Å². The molecule has 5 heteroatoms. The summed E-state index contributed by atoms with van der Waals surface area (Å²) in [6.07, 6.45) is 0.582. The normalized spacial score (nSPS) is 32.8. The van der Waals surface area contributed by atoms with Crippen LogP contribution in [0.4, 0.5) is 0 Å². The number of β-lactam (4-membered cyclic amide) rings is 1. The smallest absolute Gasteiger partial charge is 0.329 e. The molecule has 0 aromatic rings. The van der Waals surface area contributed by atoms with E-state index in [9.17, 15) is 9.59 Å². The number of thioether (sulfide) groups is 1. The number of hydrogen-bond acceptors (Lipinski definition) is 4. The van der Waals surface area contributed by atoms with Crippen LogP contribution in [0.2, 0.25) is 0 Å². The standard InChI is InChI=1S/C7H9NO3S/c1-11-7(10)4-3-12-6-2-5(9)8(4)6/h4,6H,2-3H2,1H3/t4-,6+/m1/s1. The molecule has 0 aromatic heterocycles. The summed E-state index contributed by atoms with van der Waals surface area (Å²) in [5.74, 6) is 0.460. The predicted molar refractivity (Wildman–Crippen MR) is 43.5 cm³/mol. The summed E-state index contributed by atoms with van der Waals surface area (Å²) in [7, 11) is 1.35. The van der Waals surface area contributed by atoms with Gasteiger partial charge in [-0.2, -0.15) is 0 Å². The first-order valence-corrected chi connectivity index (χ1v) is 4.79. The van der Waals surface area contributed by atoms with Crippen molar-refractivity contribution in [2.45, 2.75) is 17.8 Å². The molecule has 4 nitrogen and oxygen atoms in total. The Morgan fingerprint density at radius 1 is 1.75 bits per heavy atom. The molecule has 2 saturated heterocycles. The number of rotatable bonds is 1. The first-order chi connectivity index (χ1) is 5.74. The van der Waals surface area contributed by atoms with E-state index in [2.05, 4.69) is 4.74 Å². The zero-order chi connectivity index (χ0) is 8.72. The van der Waals surface area contributed by atoms with Crippen LogP contribution in [-0.4, -0.2) is 41.1 Å². The van der Waals surface area contributed by atoms with Crippen LogP contribution in [0.15, 0.2) is 0 Å². The van der Waals surface area contributed by atoms with Gasteiger partial charge in [0, 0.05) is 5.75 Å². The lowest BCUT2D eigenvalue weighted by molar-refractivity contribution is -0.157. The highest BCUT2D eigenvalue weighted by Crippen LogP contribution is 2.39. The maximum absolute atomic E-state index is 11.1. The highest BCUT2D eigenvalue weighted by Gasteiger charge is 2.49. The number of amides is 1. The molecule has 0 aliphatic carbocycles. The van der Waals surface area contributed by atoms with Crippen LogP contribution < -0.4 is 0 Å². The molecule has 0 spiro atoms. The third-order valence-corrected chi connectivity index (χ3v) is 3.49. The molecule has 0 bridgehead atoms. The van der Waals surface area contributed by atoms with E-state index in [1.54, 1.807) is 16.7 Å². The number of esters is 1. The maximum Gasteiger partial charge on any atom is 0.329 e. The predicted octanol–water partition coefficient (Wildman–Crippen LogP) is -0.167. The molecule has 2 heterocycles. The number of methoxy groups -OCH3 is 1. The van der Waals surface area contributed by atoms with Crippen LogP contribution in [0.5, 0.6) is 0 Å². The van der Waals surface area contributed by atoms with Crippen molar-refractivity contribution in [2.75, 3.05) is 12.9 Å². The zero-order valence-electron chi connectivity index (χ0n) is 6.65. The fraction of sp³-hybridized carbons (Fsp3) is 0.714. The summed E-state index contributed by atoms with van der Waals surface area (Å²) in [6, 6.07) is -0.328. The second-order valence-electron chi connectivity index (χ2n) is 2.83. The lowest BCUT2D eigenvalue weighted by Gasteiger charge is -2.36. The molecule has 66 valence electrons. The van der Waals surface area contributed by atoms with Gasteiger partial charge in [-0.25, -0.2) is 4.79 Å². The van der Waals surface area contributed by atoms with Crippen LogP contribution in [0, 0.1) is 0 Å². The molecule has 0 saturated carbocycles. The molecule has 0 radical (unpaired) electrons. The van der Waals surface area contributed by atoms with Gasteiger partial charge >= 0.3 is 5.97 Å². The van der Waals surface area contributed by atoms with Gasteiger partial charge in [0.15, 0.2) is 0 Å². The first-order valence-electron chi connectivity index (χ1n) is 3.74. The highest BCUT2D eigenvalue weighted by atomic mass is 32.2. The van der Waals surface area contributed by atoms with Gasteiger partial charge in [-0.05, 0) is 0 Å². The summed E-state index contributed by atoms with van der Waals surface area (Å²) in [5.41, 5.74) is 0. The molecule has 2 rings (SSSR count). The third kappa shape index (κ3) is 0.924. The van der Waals surface area contributed by atoms with E-state index in [1.807, 2.05) is 0 Å². The van der Waals surface area contributed by atoms with E-state index in [0.29, 0.717) is 12.2 Å². The molecule has 2 atom stereocenters. The second kappa shape index (κ2) is 2.65. The molecule has 2 fully saturated rings. The fourth-order valence-corrected chi connectivity index (χ4v) is 2.90. The van der Waals surface area contributed by atoms with Crippen molar-refractivity contribution in [1.82, 2.24) is 4.90 Å². The summed E-state index contributed by atoms with van der Waals surface area (Å²) >= 11 is 1.65. The monoisotopic (exact) mass is 187 g/mol. The van der Waals surface area contributed by atoms with E-state index >= 15 is 0 Å². The number of ether oxygens (including phenoxy) is 1. The topological polar surface area (TPSA) is 46.6 Å². The molecule has 0 aromatic carbocycles. The number of nitrogens with zero attached hydrogens (tertiary/aromatic N) is 1. The van der Waals surface area contributed by atoms with E-state index in [0.717, 1.165) is 0 Å². The molecule has 0 N–H and O–H groups in total. The highest BCUT2D eigenvalue weighted by molar-refractivity contribution is 8.00. The maximum atomic E-state index is 11.1. The number of fused-ring (bicyclic) bond motifs is 1. The Labute approximate surface area is 74.2 Å². The van der Waals surface area contributed by atoms with Gasteiger partial charge in [-0.3, -0.25) is 4.79 Å². The van der Waals surface area contributed by atoms with Crippen molar-refractivity contribution in [3.8, 4) is 0 Å². The second-order valence-corrected chi connectivity index (χ2v) is 4.04. The Morgan fingerprint density at radius 2 is 2.50 bits per heavy atom. The van der Waals surface area contributed by atoms with Crippen molar-refractivity contribution in [3.05, 3.63) is 0 Å². The van der Waals surface area contributed by atoms with Crippen molar-refractivity contribution in [2.24, 2.45) is 0 Å². The quantitative estimate of drug-likeness (QED) is 0.422. The Hall–Kier alpha value is -0.710. The Balaban J connectivity index is 2.08. The molecule has 1 amide bonds. The average molecular weight is 187 g/mol. The van der Waals surface area contributed by atoms with Gasteiger partial charge in [0.2, 0.25) is 5.91 Å². The molecular formula is C7H9NO3S. The van der Waals surface area contributed by atoms with Gasteiger partial charge in [-0.15, -0.1) is 11.8 Å². The van der Waals surface area contributed by atoms with Crippen LogP contribution in [-0.2, 0) is 14.3 Å². The minimum absolute atomic E-state index is 0.0698. The SMILES string of the molecule is COC(=O)[C@H]1CS[C@H]2CC(=O)N21. The van der Waals surface area contributed by atoms with Crippen LogP contribution in [0.1, 0.15) is 6.42 Å². The van der Waals surface area contributed by atoms with Gasteiger partial charge < -0.3 is 9.64 Å². The summed E-state index contributed by atoms with van der Waals surface area (Å²) in [4.78, 5) is 23.8. The minimum Gasteiger partial charge on any atom is -0.467 e. The van der Waals surface area contributed by atoms with Gasteiger partial charge in [0.05, 0.1) is 18.9 Å². The first kappa shape index (κ1) is 7.91. The van der Waals surface area contributed by atoms with E-state index in [1.165, 1.54) is 7.11 Å². The van der Waals surface area contributed by atoms with Gasteiger partial charge in [0.1, 0.15) is 6.04 Å². The molecule has 12 heavy (non-hydrogen) atoms. The minimum atomic E-state index is -0.328. The van der Waals surface area contributed by atoms with E-state index in [-0.39, 0.29) is 23.3 Å². The summed E-state index contributed by atoms with van der Waals surface area (Å²) < 4.78 is 4.59. The van der Waals surface area contributed by atoms with Gasteiger partial charge in [0.25, 0.3) is 0 Å². The number of hydrogen-bond donors (Lipinski definition) is 0. The fourth-order valence-electron chi connectivity index (χ4n) is 1.52. The molecule has 0 unspecified atom stereocenters. The largest absolute Gasteiger partial charge is 0.467 e. The lowest BCUT2D eigenvalue weighted by Crippen LogP contribution is -2.54. The van der Waals surface area contributed by atoms with Crippen LogP contribution in [0.25, 0.3) is 0 Å².